The van der Waals surface area contributed by atoms with Crippen LogP contribution in [0.5, 0.6) is 0 Å². The Morgan fingerprint density at radius 3 is 2.19 bits per heavy atom. The molecule has 52 heavy (non-hydrogen) atoms. The van der Waals surface area contributed by atoms with E-state index in [0.29, 0.717) is 35.1 Å². The van der Waals surface area contributed by atoms with Gasteiger partial charge in [0, 0.05) is 24.3 Å². The van der Waals surface area contributed by atoms with Gasteiger partial charge in [0.1, 0.15) is 6.10 Å². The predicted molar refractivity (Wildman–Crippen MR) is 203 cm³/mol. The number of aromatic nitrogens is 1. The van der Waals surface area contributed by atoms with Gasteiger partial charge in [-0.05, 0) is 94.6 Å². The van der Waals surface area contributed by atoms with Gasteiger partial charge in [0.15, 0.2) is 19.0 Å². The summed E-state index contributed by atoms with van der Waals surface area (Å²) < 4.78 is 80.2. The first kappa shape index (κ1) is 39.8. The summed E-state index contributed by atoms with van der Waals surface area (Å²) in [6, 6.07) is 15.5. The fraction of sp³-hybridized carbons (Fsp3) is 0.459. The number of rotatable bonds is 12. The zero-order chi connectivity index (χ0) is 38.7. The van der Waals surface area contributed by atoms with Gasteiger partial charge >= 0.3 is 0 Å². The van der Waals surface area contributed by atoms with Crippen LogP contribution in [0, 0.1) is 17.0 Å². The second-order valence-corrected chi connectivity index (χ2v) is 24.1. The topological polar surface area (TPSA) is 156 Å². The highest BCUT2D eigenvalue weighted by molar-refractivity contribution is 7.90. The van der Waals surface area contributed by atoms with Crippen LogP contribution < -0.4 is 4.72 Å². The van der Waals surface area contributed by atoms with E-state index in [1.165, 1.54) is 22.2 Å². The van der Waals surface area contributed by atoms with E-state index in [2.05, 4.69) is 38.6 Å². The zero-order valence-electron chi connectivity index (χ0n) is 31.4. The Labute approximate surface area is 307 Å². The van der Waals surface area contributed by atoms with Crippen LogP contribution in [0.25, 0.3) is 10.9 Å². The van der Waals surface area contributed by atoms with E-state index < -0.39 is 67.4 Å². The van der Waals surface area contributed by atoms with Gasteiger partial charge in [-0.2, -0.15) is 0 Å². The SMILES string of the molecule is Cc1ccc(S(=O)(=O)n2cc(CCO[Si](C)(C)C(C)(C)C)c3c([C@H](NS(=O)(=O)c4ccccc4[N+](=O)[O-])[C@@H]4OC(C)(C)OC4(C)C)cccc32)cc1. The molecule has 0 saturated carbocycles. The minimum absolute atomic E-state index is 0.0669. The van der Waals surface area contributed by atoms with Crippen molar-refractivity contribution in [3.63, 3.8) is 0 Å². The number of hydrogen-bond acceptors (Lipinski definition) is 9. The van der Waals surface area contributed by atoms with Gasteiger partial charge in [-0.1, -0.05) is 62.7 Å². The van der Waals surface area contributed by atoms with Crippen molar-refractivity contribution in [3.8, 4) is 0 Å². The van der Waals surface area contributed by atoms with Crippen molar-refractivity contribution in [3.05, 3.63) is 99.7 Å². The van der Waals surface area contributed by atoms with Crippen LogP contribution in [0.2, 0.25) is 18.1 Å². The molecule has 0 aliphatic carbocycles. The molecule has 4 aromatic rings. The van der Waals surface area contributed by atoms with Gasteiger partial charge in [-0.25, -0.2) is 25.5 Å². The van der Waals surface area contributed by atoms with Crippen LogP contribution in [0.15, 0.2) is 82.7 Å². The number of nitro benzene ring substituents is 1. The van der Waals surface area contributed by atoms with Crippen LogP contribution in [-0.2, 0) is 40.4 Å². The summed E-state index contributed by atoms with van der Waals surface area (Å²) in [6.45, 7) is 19.8. The minimum atomic E-state index is -4.58. The summed E-state index contributed by atoms with van der Waals surface area (Å²) >= 11 is 0. The first-order valence-electron chi connectivity index (χ1n) is 17.1. The molecule has 15 heteroatoms. The summed E-state index contributed by atoms with van der Waals surface area (Å²) in [5.41, 5.74) is 0.606. The third kappa shape index (κ3) is 7.76. The molecule has 0 amide bonds. The highest BCUT2D eigenvalue weighted by Crippen LogP contribution is 2.45. The molecule has 0 radical (unpaired) electrons. The van der Waals surface area contributed by atoms with Gasteiger partial charge in [0.25, 0.3) is 15.7 Å². The van der Waals surface area contributed by atoms with E-state index in [1.54, 1.807) is 76.4 Å². The van der Waals surface area contributed by atoms with Crippen molar-refractivity contribution in [2.24, 2.45) is 0 Å². The predicted octanol–water partition coefficient (Wildman–Crippen LogP) is 7.61. The number of nitrogens with zero attached hydrogens (tertiary/aromatic N) is 2. The number of nitro groups is 1. The third-order valence-electron chi connectivity index (χ3n) is 10.0. The first-order valence-corrected chi connectivity index (χ1v) is 22.9. The van der Waals surface area contributed by atoms with Crippen LogP contribution in [0.3, 0.4) is 0 Å². The van der Waals surface area contributed by atoms with E-state index in [0.717, 1.165) is 11.6 Å². The number of fused-ring (bicyclic) bond motifs is 1. The van der Waals surface area contributed by atoms with E-state index in [4.69, 9.17) is 13.9 Å². The van der Waals surface area contributed by atoms with Crippen molar-refractivity contribution >= 4 is 45.0 Å². The Kier molecular flexibility index (Phi) is 10.5. The largest absolute Gasteiger partial charge is 0.416 e. The number of hydrogen-bond donors (Lipinski definition) is 1. The van der Waals surface area contributed by atoms with Crippen LogP contribution in [0.1, 0.15) is 71.2 Å². The van der Waals surface area contributed by atoms with E-state index >= 15 is 0 Å². The monoisotopic (exact) mass is 771 g/mol. The highest BCUT2D eigenvalue weighted by atomic mass is 32.2. The summed E-state index contributed by atoms with van der Waals surface area (Å²) in [5.74, 6) is -1.12. The fourth-order valence-corrected chi connectivity index (χ4v) is 10.3. The zero-order valence-corrected chi connectivity index (χ0v) is 34.0. The second-order valence-electron chi connectivity index (χ2n) is 15.8. The number of sulfonamides is 1. The molecule has 2 atom stereocenters. The number of ether oxygens (including phenoxy) is 2. The molecule has 0 unspecified atom stereocenters. The second kappa shape index (κ2) is 13.8. The van der Waals surface area contributed by atoms with Crippen molar-refractivity contribution < 1.29 is 35.7 Å². The molecule has 0 spiro atoms. The quantitative estimate of drug-likeness (QED) is 0.0870. The van der Waals surface area contributed by atoms with Gasteiger partial charge in [0.2, 0.25) is 10.0 Å². The molecule has 1 saturated heterocycles. The molecule has 0 bridgehead atoms. The normalized spacial score (nSPS) is 18.5. The van der Waals surface area contributed by atoms with Gasteiger partial charge in [0.05, 0.1) is 27.0 Å². The molecule has 12 nitrogen and oxygen atoms in total. The number of benzene rings is 3. The first-order chi connectivity index (χ1) is 23.9. The molecule has 1 aliphatic rings. The molecule has 1 aromatic heterocycles. The molecule has 1 aliphatic heterocycles. The molecular weight excluding hydrogens is 723 g/mol. The van der Waals surface area contributed by atoms with Gasteiger partial charge in [-0.15, -0.1) is 0 Å². The minimum Gasteiger partial charge on any atom is -0.416 e. The Hall–Kier alpha value is -3.44. The van der Waals surface area contributed by atoms with E-state index in [1.807, 2.05) is 6.92 Å². The van der Waals surface area contributed by atoms with Gasteiger partial charge < -0.3 is 13.9 Å². The molecule has 3 aromatic carbocycles. The summed E-state index contributed by atoms with van der Waals surface area (Å²) in [6.07, 6.45) is 0.934. The van der Waals surface area contributed by atoms with E-state index in [9.17, 15) is 26.9 Å². The fourth-order valence-electron chi connectivity index (χ4n) is 6.46. The maximum Gasteiger partial charge on any atom is 0.289 e. The Bertz CT molecular complexity index is 2210. The molecule has 5 rings (SSSR count). The maximum absolute atomic E-state index is 14.3. The van der Waals surface area contributed by atoms with E-state index in [-0.39, 0.29) is 9.93 Å². The number of aryl methyl sites for hydroxylation is 1. The summed E-state index contributed by atoms with van der Waals surface area (Å²) in [4.78, 5) is 10.8. The summed E-state index contributed by atoms with van der Waals surface area (Å²) in [7, 11) is -10.9. The summed E-state index contributed by atoms with van der Waals surface area (Å²) in [5, 5.41) is 12.4. The molecule has 1 N–H and O–H groups in total. The average molecular weight is 772 g/mol. The van der Waals surface area contributed by atoms with Crippen LogP contribution in [0.4, 0.5) is 5.69 Å². The number of nitrogens with one attached hydrogen (secondary N) is 1. The Morgan fingerprint density at radius 1 is 0.981 bits per heavy atom. The lowest BCUT2D eigenvalue weighted by atomic mass is 9.88. The van der Waals surface area contributed by atoms with Crippen LogP contribution >= 0.6 is 0 Å². The molecule has 2 heterocycles. The molecule has 1 fully saturated rings. The van der Waals surface area contributed by atoms with Crippen molar-refractivity contribution in [2.45, 2.75) is 113 Å². The lowest BCUT2D eigenvalue weighted by molar-refractivity contribution is -0.387. The van der Waals surface area contributed by atoms with Crippen LogP contribution in [-0.4, -0.2) is 58.1 Å². The standard InChI is InChI=1S/C37H49N3O9S2Si/c1-25-18-20-27(21-19-25)51(45,46)39-24-26(22-23-47-52(9,10)35(2,3)4)32-28(14-13-16-30(32)39)33(34-36(5,6)49-37(7,8)48-34)38-50(43,44)31-17-12-11-15-29(31)40(41)42/h11-21,24,33-34,38H,22-23H2,1-10H3/t33-,34-/m0/s1. The Morgan fingerprint density at radius 2 is 1.62 bits per heavy atom. The molecular formula is C37H49N3O9S2Si. The lowest BCUT2D eigenvalue weighted by Crippen LogP contribution is -2.45. The Balaban J connectivity index is 1.76. The van der Waals surface area contributed by atoms with Crippen molar-refractivity contribution in [2.75, 3.05) is 6.61 Å². The highest BCUT2D eigenvalue weighted by Gasteiger charge is 2.52. The molecule has 282 valence electrons. The van der Waals surface area contributed by atoms with Crippen molar-refractivity contribution in [1.82, 2.24) is 8.69 Å². The average Bonchev–Trinajstić information content (AvgIpc) is 3.52. The maximum atomic E-state index is 14.3. The lowest BCUT2D eigenvalue weighted by Gasteiger charge is -2.36. The third-order valence-corrected chi connectivity index (χ3v) is 17.7. The van der Waals surface area contributed by atoms with Crippen molar-refractivity contribution in [1.29, 1.82) is 0 Å². The van der Waals surface area contributed by atoms with Gasteiger partial charge in [-0.3, -0.25) is 10.1 Å². The smallest absolute Gasteiger partial charge is 0.289 e. The number of para-hydroxylation sites is 1.